The monoisotopic (exact) mass is 290 g/mol. The molecular weight excluding hydrogens is 260 g/mol. The molecule has 1 heterocycles. The van der Waals surface area contributed by atoms with Gasteiger partial charge in [0.2, 0.25) is 5.91 Å². The number of likely N-dealkylation sites (tertiary alicyclic amines) is 1. The number of halogens is 1. The minimum atomic E-state index is -0.337. The molecule has 1 unspecified atom stereocenters. The first kappa shape index (κ1) is 18.7. The number of carbonyl (C=O) groups is 1. The first-order chi connectivity index (χ1) is 8.23. The van der Waals surface area contributed by atoms with Gasteiger partial charge in [0.15, 0.2) is 0 Å². The largest absolute Gasteiger partial charge is 0.341 e. The van der Waals surface area contributed by atoms with Gasteiger partial charge in [0.25, 0.3) is 0 Å². The van der Waals surface area contributed by atoms with Crippen LogP contribution in [0.4, 0.5) is 0 Å². The van der Waals surface area contributed by atoms with Gasteiger partial charge in [-0.3, -0.25) is 4.79 Å². The van der Waals surface area contributed by atoms with Gasteiger partial charge in [-0.15, -0.1) is 12.4 Å². The lowest BCUT2D eigenvalue weighted by molar-refractivity contribution is -0.133. The van der Waals surface area contributed by atoms with Gasteiger partial charge < -0.3 is 10.6 Å². The van der Waals surface area contributed by atoms with Crippen LogP contribution in [0.25, 0.3) is 0 Å². The summed E-state index contributed by atoms with van der Waals surface area (Å²) in [6.07, 6.45) is 3.45. The molecule has 114 valence electrons. The van der Waals surface area contributed by atoms with Crippen LogP contribution in [0.3, 0.4) is 0 Å². The van der Waals surface area contributed by atoms with Crippen molar-refractivity contribution in [1.82, 2.24) is 4.90 Å². The Morgan fingerprint density at radius 1 is 1.21 bits per heavy atom. The van der Waals surface area contributed by atoms with Crippen LogP contribution in [-0.2, 0) is 4.79 Å². The molecule has 3 nitrogen and oxygen atoms in total. The molecule has 4 heteroatoms. The summed E-state index contributed by atoms with van der Waals surface area (Å²) in [5.74, 6) is 1.07. The van der Waals surface area contributed by atoms with Crippen LogP contribution in [0, 0.1) is 17.3 Å². The van der Waals surface area contributed by atoms with Crippen LogP contribution >= 0.6 is 12.4 Å². The standard InChI is InChI=1S/C15H30N2O.ClH/c1-11(2)13(16)14(18)17-9-6-7-12(8-10-17)15(3,4)5;/h11-13H,6-10,16H2,1-5H3;1H/t12?,13-;/m1./s1. The van der Waals surface area contributed by atoms with Crippen LogP contribution in [0.15, 0.2) is 0 Å². The van der Waals surface area contributed by atoms with Crippen LogP contribution in [0.1, 0.15) is 53.9 Å². The lowest BCUT2D eigenvalue weighted by Crippen LogP contribution is -2.46. The normalized spacial score (nSPS) is 22.7. The number of carbonyl (C=O) groups excluding carboxylic acids is 1. The molecule has 1 saturated heterocycles. The summed E-state index contributed by atoms with van der Waals surface area (Å²) in [6.45, 7) is 12.7. The molecule has 1 rings (SSSR count). The fraction of sp³-hybridized carbons (Fsp3) is 0.933. The highest BCUT2D eigenvalue weighted by molar-refractivity contribution is 5.85. The lowest BCUT2D eigenvalue weighted by Gasteiger charge is -2.30. The number of rotatable bonds is 2. The summed E-state index contributed by atoms with van der Waals surface area (Å²) >= 11 is 0. The van der Waals surface area contributed by atoms with E-state index in [1.807, 2.05) is 18.7 Å². The van der Waals surface area contributed by atoms with Crippen LogP contribution in [-0.4, -0.2) is 29.9 Å². The maximum atomic E-state index is 12.2. The summed E-state index contributed by atoms with van der Waals surface area (Å²) in [7, 11) is 0. The molecule has 0 saturated carbocycles. The summed E-state index contributed by atoms with van der Waals surface area (Å²) in [5.41, 5.74) is 6.32. The van der Waals surface area contributed by atoms with Crippen molar-refractivity contribution >= 4 is 18.3 Å². The fourth-order valence-electron chi connectivity index (χ4n) is 2.68. The van der Waals surface area contributed by atoms with Gasteiger partial charge in [0, 0.05) is 13.1 Å². The summed E-state index contributed by atoms with van der Waals surface area (Å²) in [5, 5.41) is 0. The molecule has 0 radical (unpaired) electrons. The summed E-state index contributed by atoms with van der Waals surface area (Å²) < 4.78 is 0. The van der Waals surface area contributed by atoms with Gasteiger partial charge in [-0.05, 0) is 36.5 Å². The molecule has 1 amide bonds. The average Bonchev–Trinajstić information content (AvgIpc) is 2.51. The molecule has 0 aliphatic carbocycles. The first-order valence-corrected chi connectivity index (χ1v) is 7.28. The maximum absolute atomic E-state index is 12.2. The molecular formula is C15H31ClN2O. The predicted octanol–water partition coefficient (Wildman–Crippen LogP) is 3.07. The number of amides is 1. The molecule has 2 N–H and O–H groups in total. The Balaban J connectivity index is 0.00000324. The molecule has 0 aromatic rings. The fourth-order valence-corrected chi connectivity index (χ4v) is 2.68. The Bertz CT molecular complexity index is 286. The van der Waals surface area contributed by atoms with E-state index in [0.717, 1.165) is 25.9 Å². The third-order valence-electron chi connectivity index (χ3n) is 4.27. The second-order valence-corrected chi connectivity index (χ2v) is 7.09. The lowest BCUT2D eigenvalue weighted by atomic mass is 9.77. The molecule has 19 heavy (non-hydrogen) atoms. The van der Waals surface area contributed by atoms with Gasteiger partial charge >= 0.3 is 0 Å². The third kappa shape index (κ3) is 5.31. The van der Waals surface area contributed by atoms with Gasteiger partial charge in [0.1, 0.15) is 0 Å². The van der Waals surface area contributed by atoms with E-state index in [2.05, 4.69) is 20.8 Å². The van der Waals surface area contributed by atoms with E-state index in [-0.39, 0.29) is 30.3 Å². The zero-order valence-electron chi connectivity index (χ0n) is 13.1. The quantitative estimate of drug-likeness (QED) is 0.849. The van der Waals surface area contributed by atoms with E-state index >= 15 is 0 Å². The Morgan fingerprint density at radius 2 is 1.79 bits per heavy atom. The van der Waals surface area contributed by atoms with Gasteiger partial charge in [-0.25, -0.2) is 0 Å². The van der Waals surface area contributed by atoms with Crippen molar-refractivity contribution in [3.8, 4) is 0 Å². The van der Waals surface area contributed by atoms with E-state index in [4.69, 9.17) is 5.73 Å². The Kier molecular flexibility index (Phi) is 7.38. The van der Waals surface area contributed by atoms with Crippen molar-refractivity contribution in [2.75, 3.05) is 13.1 Å². The van der Waals surface area contributed by atoms with E-state index in [1.54, 1.807) is 0 Å². The van der Waals surface area contributed by atoms with E-state index < -0.39 is 0 Å². The second-order valence-electron chi connectivity index (χ2n) is 7.09. The Hall–Kier alpha value is -0.280. The van der Waals surface area contributed by atoms with Crippen LogP contribution in [0.5, 0.6) is 0 Å². The second kappa shape index (κ2) is 7.49. The molecule has 1 aliphatic heterocycles. The smallest absolute Gasteiger partial charge is 0.239 e. The molecule has 1 aliphatic rings. The highest BCUT2D eigenvalue weighted by atomic mass is 35.5. The summed E-state index contributed by atoms with van der Waals surface area (Å²) in [4.78, 5) is 14.2. The minimum absolute atomic E-state index is 0. The van der Waals surface area contributed by atoms with E-state index in [1.165, 1.54) is 6.42 Å². The highest BCUT2D eigenvalue weighted by Crippen LogP contribution is 2.34. The molecule has 0 aromatic carbocycles. The third-order valence-corrected chi connectivity index (χ3v) is 4.27. The molecule has 0 aromatic heterocycles. The van der Waals surface area contributed by atoms with E-state index in [9.17, 15) is 4.79 Å². The first-order valence-electron chi connectivity index (χ1n) is 7.28. The van der Waals surface area contributed by atoms with Gasteiger partial charge in [-0.2, -0.15) is 0 Å². The van der Waals surface area contributed by atoms with Gasteiger partial charge in [-0.1, -0.05) is 34.6 Å². The Labute approximate surface area is 124 Å². The zero-order valence-corrected chi connectivity index (χ0v) is 13.9. The number of hydrogen-bond donors (Lipinski definition) is 1. The van der Waals surface area contributed by atoms with E-state index in [0.29, 0.717) is 11.3 Å². The van der Waals surface area contributed by atoms with Crippen LogP contribution in [0.2, 0.25) is 0 Å². The number of nitrogens with zero attached hydrogens (tertiary/aromatic N) is 1. The van der Waals surface area contributed by atoms with Gasteiger partial charge in [0.05, 0.1) is 6.04 Å². The van der Waals surface area contributed by atoms with Crippen molar-refractivity contribution in [2.24, 2.45) is 23.0 Å². The average molecular weight is 291 g/mol. The minimum Gasteiger partial charge on any atom is -0.341 e. The van der Waals surface area contributed by atoms with Crippen molar-refractivity contribution in [3.05, 3.63) is 0 Å². The zero-order chi connectivity index (χ0) is 13.9. The predicted molar refractivity (Wildman–Crippen MR) is 83.4 cm³/mol. The topological polar surface area (TPSA) is 46.3 Å². The van der Waals surface area contributed by atoms with Crippen molar-refractivity contribution in [3.63, 3.8) is 0 Å². The van der Waals surface area contributed by atoms with Crippen molar-refractivity contribution in [2.45, 2.75) is 59.9 Å². The highest BCUT2D eigenvalue weighted by Gasteiger charge is 2.30. The van der Waals surface area contributed by atoms with Crippen molar-refractivity contribution in [1.29, 1.82) is 0 Å². The molecule has 1 fully saturated rings. The van der Waals surface area contributed by atoms with Crippen LogP contribution < -0.4 is 5.73 Å². The van der Waals surface area contributed by atoms with Crippen molar-refractivity contribution < 1.29 is 4.79 Å². The SMILES string of the molecule is CC(C)[C@@H](N)C(=O)N1CCCC(C(C)(C)C)CC1.Cl. The maximum Gasteiger partial charge on any atom is 0.239 e. The number of nitrogens with two attached hydrogens (primary N) is 1. The number of hydrogen-bond acceptors (Lipinski definition) is 2. The summed E-state index contributed by atoms with van der Waals surface area (Å²) in [6, 6.07) is -0.337. The molecule has 0 spiro atoms. The Morgan fingerprint density at radius 3 is 2.26 bits per heavy atom. The molecule has 0 bridgehead atoms. The molecule has 2 atom stereocenters.